The maximum Gasteiger partial charge on any atom is 0.341 e. The summed E-state index contributed by atoms with van der Waals surface area (Å²) in [7, 11) is 0. The van der Waals surface area contributed by atoms with Crippen LogP contribution in [0.2, 0.25) is 0 Å². The molecule has 8 nitrogen and oxygen atoms in total. The number of carbonyl (C=O) groups is 1. The van der Waals surface area contributed by atoms with Gasteiger partial charge in [0.1, 0.15) is 5.75 Å². The van der Waals surface area contributed by atoms with Crippen LogP contribution in [0, 0.1) is 0 Å². The van der Waals surface area contributed by atoms with E-state index in [-0.39, 0.29) is 0 Å². The lowest BCUT2D eigenvalue weighted by molar-refractivity contribution is -0.139. The van der Waals surface area contributed by atoms with Crippen LogP contribution in [0.25, 0.3) is 11.3 Å². The summed E-state index contributed by atoms with van der Waals surface area (Å²) in [5, 5.41) is 21.8. The first-order valence-electron chi connectivity index (χ1n) is 11.1. The van der Waals surface area contributed by atoms with Gasteiger partial charge in [-0.05, 0) is 36.8 Å². The minimum atomic E-state index is -1.05. The molecular weight excluding hydrogens is 520 g/mol. The molecule has 0 saturated heterocycles. The van der Waals surface area contributed by atoms with E-state index in [2.05, 4.69) is 43.4 Å². The second kappa shape index (κ2) is 11.5. The Morgan fingerprint density at radius 3 is 2.88 bits per heavy atom. The van der Waals surface area contributed by atoms with Gasteiger partial charge in [0.2, 0.25) is 17.3 Å². The summed E-state index contributed by atoms with van der Waals surface area (Å²) in [6.07, 6.45) is 4.00. The monoisotopic (exact) mass is 544 g/mol. The number of thioether (sulfide) groups is 1. The molecule has 3 aromatic rings. The van der Waals surface area contributed by atoms with Crippen LogP contribution in [-0.2, 0) is 4.79 Å². The van der Waals surface area contributed by atoms with E-state index in [0.29, 0.717) is 28.0 Å². The number of fused-ring (bicyclic) bond motifs is 3. The van der Waals surface area contributed by atoms with Gasteiger partial charge in [-0.2, -0.15) is 4.98 Å². The van der Waals surface area contributed by atoms with Gasteiger partial charge in [0.15, 0.2) is 12.3 Å². The van der Waals surface area contributed by atoms with Crippen LogP contribution in [0.15, 0.2) is 52.1 Å². The molecule has 0 radical (unpaired) electrons. The Morgan fingerprint density at radius 2 is 2.06 bits per heavy atom. The zero-order valence-electron chi connectivity index (χ0n) is 18.7. The minimum Gasteiger partial charge on any atom is -0.481 e. The topological polar surface area (TPSA) is 106 Å². The summed E-state index contributed by atoms with van der Waals surface area (Å²) in [6, 6.07) is 13.0. The summed E-state index contributed by atoms with van der Waals surface area (Å²) in [4.78, 5) is 15.7. The quantitative estimate of drug-likeness (QED) is 0.236. The molecule has 1 aromatic heterocycles. The van der Waals surface area contributed by atoms with Crippen LogP contribution >= 0.6 is 27.7 Å². The molecule has 0 bridgehead atoms. The molecule has 0 aliphatic carbocycles. The molecule has 0 amide bonds. The number of aliphatic carboxylic acids is 1. The van der Waals surface area contributed by atoms with E-state index in [4.69, 9.17) is 14.6 Å². The predicted octanol–water partition coefficient (Wildman–Crippen LogP) is 5.94. The zero-order valence-corrected chi connectivity index (χ0v) is 21.1. The number of carboxylic acids is 1. The number of anilines is 1. The fourth-order valence-electron chi connectivity index (χ4n) is 3.53. The summed E-state index contributed by atoms with van der Waals surface area (Å²) in [5.41, 5.74) is 2.77. The number of nitrogens with zero attached hydrogens (tertiary/aromatic N) is 3. The van der Waals surface area contributed by atoms with Crippen molar-refractivity contribution in [2.75, 3.05) is 17.7 Å². The summed E-state index contributed by atoms with van der Waals surface area (Å²) in [6.45, 7) is 1.74. The Kier molecular flexibility index (Phi) is 8.23. The molecular formula is C24H25BrN4O4S. The number of hydrogen-bond acceptors (Lipinski definition) is 8. The van der Waals surface area contributed by atoms with Gasteiger partial charge >= 0.3 is 5.97 Å². The Bertz CT molecular complexity index is 1160. The normalized spacial score (nSPS) is 14.2. The third-order valence-corrected chi connectivity index (χ3v) is 6.59. The van der Waals surface area contributed by atoms with Crippen molar-refractivity contribution in [2.45, 2.75) is 44.0 Å². The number of para-hydroxylation sites is 1. The second-order valence-electron chi connectivity index (χ2n) is 7.71. The fourth-order valence-corrected chi connectivity index (χ4v) is 4.67. The first kappa shape index (κ1) is 24.3. The molecule has 1 aliphatic heterocycles. The van der Waals surface area contributed by atoms with Crippen molar-refractivity contribution < 1.29 is 19.4 Å². The molecule has 10 heteroatoms. The van der Waals surface area contributed by atoms with Gasteiger partial charge in [0, 0.05) is 21.5 Å². The second-order valence-corrected chi connectivity index (χ2v) is 9.69. The Morgan fingerprint density at radius 1 is 1.21 bits per heavy atom. The smallest absolute Gasteiger partial charge is 0.341 e. The van der Waals surface area contributed by atoms with Crippen molar-refractivity contribution in [3.63, 3.8) is 0 Å². The molecule has 2 aromatic carbocycles. The number of ether oxygens (including phenoxy) is 2. The lowest BCUT2D eigenvalue weighted by Crippen LogP contribution is -2.19. The molecule has 0 fully saturated rings. The number of rotatable bonds is 10. The highest BCUT2D eigenvalue weighted by molar-refractivity contribution is 9.10. The number of halogens is 1. The van der Waals surface area contributed by atoms with Crippen molar-refractivity contribution in [1.82, 2.24) is 15.2 Å². The summed E-state index contributed by atoms with van der Waals surface area (Å²) >= 11 is 5.09. The van der Waals surface area contributed by atoms with Crippen LogP contribution in [0.1, 0.15) is 44.4 Å². The first-order chi connectivity index (χ1) is 16.5. The SMILES string of the molecule is CCCCCCSc1nnc2c(n1)O[C@@H](c1ccccc1OCC(=O)O)Nc1ccc(Br)cc1-2. The van der Waals surface area contributed by atoms with Crippen LogP contribution in [0.4, 0.5) is 5.69 Å². The van der Waals surface area contributed by atoms with Crippen LogP contribution < -0.4 is 14.8 Å². The molecule has 0 spiro atoms. The average Bonchev–Trinajstić information content (AvgIpc) is 2.99. The van der Waals surface area contributed by atoms with E-state index in [1.165, 1.54) is 19.3 Å². The molecule has 0 saturated carbocycles. The number of carboxylic acid groups (broad SMARTS) is 1. The van der Waals surface area contributed by atoms with E-state index < -0.39 is 18.8 Å². The van der Waals surface area contributed by atoms with Crippen LogP contribution in [-0.4, -0.2) is 38.6 Å². The van der Waals surface area contributed by atoms with Crippen LogP contribution in [0.5, 0.6) is 11.6 Å². The third-order valence-electron chi connectivity index (χ3n) is 5.17. The van der Waals surface area contributed by atoms with Crippen molar-refractivity contribution in [3.05, 3.63) is 52.5 Å². The third kappa shape index (κ3) is 5.98. The highest BCUT2D eigenvalue weighted by Gasteiger charge is 2.28. The van der Waals surface area contributed by atoms with Gasteiger partial charge < -0.3 is 19.9 Å². The molecule has 178 valence electrons. The number of hydrogen-bond donors (Lipinski definition) is 2. The van der Waals surface area contributed by atoms with Gasteiger partial charge in [-0.15, -0.1) is 10.2 Å². The van der Waals surface area contributed by atoms with E-state index in [1.807, 2.05) is 30.3 Å². The highest BCUT2D eigenvalue weighted by atomic mass is 79.9. The van der Waals surface area contributed by atoms with Crippen molar-refractivity contribution in [2.24, 2.45) is 0 Å². The van der Waals surface area contributed by atoms with Gasteiger partial charge in [-0.1, -0.05) is 66.0 Å². The summed E-state index contributed by atoms with van der Waals surface area (Å²) < 4.78 is 12.7. The molecule has 1 aliphatic rings. The highest BCUT2D eigenvalue weighted by Crippen LogP contribution is 2.42. The Labute approximate surface area is 210 Å². The maximum atomic E-state index is 11.1. The van der Waals surface area contributed by atoms with Gasteiger partial charge in [0.05, 0.1) is 5.56 Å². The first-order valence-corrected chi connectivity index (χ1v) is 12.9. The Balaban J connectivity index is 1.67. The van der Waals surface area contributed by atoms with Gasteiger partial charge in [-0.25, -0.2) is 4.79 Å². The lowest BCUT2D eigenvalue weighted by Gasteiger charge is -2.21. The number of benzene rings is 2. The summed E-state index contributed by atoms with van der Waals surface area (Å²) in [5.74, 6) is 0.629. The van der Waals surface area contributed by atoms with Crippen LogP contribution in [0.3, 0.4) is 0 Å². The molecule has 4 rings (SSSR count). The number of unbranched alkanes of at least 4 members (excludes halogenated alkanes) is 3. The van der Waals surface area contributed by atoms with Crippen molar-refractivity contribution >= 4 is 39.3 Å². The minimum absolute atomic E-state index is 0.355. The molecule has 2 N–H and O–H groups in total. The predicted molar refractivity (Wildman–Crippen MR) is 134 cm³/mol. The average molecular weight is 545 g/mol. The van der Waals surface area contributed by atoms with E-state index in [1.54, 1.807) is 23.9 Å². The largest absolute Gasteiger partial charge is 0.481 e. The number of aromatic nitrogens is 3. The standard InChI is InChI=1S/C24H25BrN4O4S/c1-2-3-4-7-12-34-24-27-23-21(28-29-24)17-13-15(25)10-11-18(17)26-22(33-23)16-8-5-6-9-19(16)32-14-20(30)31/h5-6,8-11,13,22,26H,2-4,7,12,14H2,1H3,(H,30,31)/t22-/m0/s1. The lowest BCUT2D eigenvalue weighted by atomic mass is 10.1. The Hall–Kier alpha value is -2.85. The van der Waals surface area contributed by atoms with Crippen molar-refractivity contribution in [3.8, 4) is 22.9 Å². The molecule has 1 atom stereocenters. The molecule has 34 heavy (non-hydrogen) atoms. The van der Waals surface area contributed by atoms with E-state index >= 15 is 0 Å². The maximum absolute atomic E-state index is 11.1. The zero-order chi connectivity index (χ0) is 23.9. The molecule has 0 unspecified atom stereocenters. The van der Waals surface area contributed by atoms with E-state index in [9.17, 15) is 4.79 Å². The number of nitrogens with one attached hydrogen (secondary N) is 1. The molecule has 2 heterocycles. The fraction of sp³-hybridized carbons (Fsp3) is 0.333. The van der Waals surface area contributed by atoms with Gasteiger partial charge in [-0.3, -0.25) is 0 Å². The van der Waals surface area contributed by atoms with Gasteiger partial charge in [0.25, 0.3) is 0 Å². The van der Waals surface area contributed by atoms with Crippen molar-refractivity contribution in [1.29, 1.82) is 0 Å². The van der Waals surface area contributed by atoms with E-state index in [0.717, 1.165) is 27.9 Å².